The second-order valence-corrected chi connectivity index (χ2v) is 4.24. The van der Waals surface area contributed by atoms with Crippen LogP contribution >= 0.6 is 0 Å². The maximum Gasteiger partial charge on any atom is 0.285 e. The van der Waals surface area contributed by atoms with Crippen LogP contribution in [0.25, 0.3) is 0 Å². The lowest BCUT2D eigenvalue weighted by atomic mass is 10.1. The molecule has 0 saturated carbocycles. The molecule has 0 aromatic heterocycles. The van der Waals surface area contributed by atoms with Gasteiger partial charge < -0.3 is 14.8 Å². The summed E-state index contributed by atoms with van der Waals surface area (Å²) in [6.45, 7) is 3.02. The number of benzene rings is 1. The summed E-state index contributed by atoms with van der Waals surface area (Å²) < 4.78 is 38.4. The van der Waals surface area contributed by atoms with Gasteiger partial charge in [0.25, 0.3) is 5.92 Å². The highest BCUT2D eigenvalue weighted by Gasteiger charge is 2.32. The van der Waals surface area contributed by atoms with Crippen molar-refractivity contribution in [3.8, 4) is 11.5 Å². The van der Waals surface area contributed by atoms with Crippen LogP contribution in [0.3, 0.4) is 0 Å². The van der Waals surface area contributed by atoms with E-state index in [-0.39, 0.29) is 12.1 Å². The third-order valence-corrected chi connectivity index (χ3v) is 2.74. The van der Waals surface area contributed by atoms with E-state index in [0.717, 1.165) is 6.42 Å². The van der Waals surface area contributed by atoms with Gasteiger partial charge in [0.2, 0.25) is 0 Å². The molecule has 0 bridgehead atoms. The van der Waals surface area contributed by atoms with Gasteiger partial charge in [-0.05, 0) is 31.2 Å². The number of halogens is 2. The lowest BCUT2D eigenvalue weighted by molar-refractivity contribution is -0.00335. The Labute approximate surface area is 105 Å². The average Bonchev–Trinajstić information content (AvgIpc) is 2.38. The van der Waals surface area contributed by atoms with Gasteiger partial charge in [0.1, 0.15) is 13.2 Å². The predicted molar refractivity (Wildman–Crippen MR) is 64.5 cm³/mol. The second kappa shape index (κ2) is 5.52. The Hall–Kier alpha value is -1.36. The molecule has 5 heteroatoms. The first-order chi connectivity index (χ1) is 8.63. The van der Waals surface area contributed by atoms with Crippen molar-refractivity contribution in [1.29, 1.82) is 0 Å². The van der Waals surface area contributed by atoms with Crippen molar-refractivity contribution in [3.05, 3.63) is 23.8 Å². The monoisotopic (exact) mass is 257 g/mol. The highest BCUT2D eigenvalue weighted by molar-refractivity contribution is 5.45. The molecule has 1 aromatic rings. The van der Waals surface area contributed by atoms with Gasteiger partial charge in [-0.15, -0.1) is 0 Å². The summed E-state index contributed by atoms with van der Waals surface area (Å²) in [5.74, 6) is -1.97. The van der Waals surface area contributed by atoms with Crippen LogP contribution in [0.15, 0.2) is 18.2 Å². The zero-order valence-corrected chi connectivity index (χ0v) is 10.3. The van der Waals surface area contributed by atoms with Gasteiger partial charge in [0, 0.05) is 5.56 Å². The molecule has 1 aromatic carbocycles. The minimum absolute atomic E-state index is 0.0460. The summed E-state index contributed by atoms with van der Waals surface area (Å²) >= 11 is 0. The lowest BCUT2D eigenvalue weighted by Gasteiger charge is -2.22. The van der Waals surface area contributed by atoms with Crippen LogP contribution in [-0.4, -0.2) is 26.3 Å². The van der Waals surface area contributed by atoms with Gasteiger partial charge >= 0.3 is 0 Å². The average molecular weight is 257 g/mol. The summed E-state index contributed by atoms with van der Waals surface area (Å²) in [5, 5.41) is 2.73. The quantitative estimate of drug-likeness (QED) is 0.822. The van der Waals surface area contributed by atoms with Crippen LogP contribution in [0.1, 0.15) is 18.9 Å². The van der Waals surface area contributed by atoms with Gasteiger partial charge in [-0.1, -0.05) is 6.92 Å². The fourth-order valence-corrected chi connectivity index (χ4v) is 1.80. The Kier molecular flexibility index (Phi) is 4.01. The molecule has 0 unspecified atom stereocenters. The molecule has 1 aliphatic rings. The van der Waals surface area contributed by atoms with E-state index in [1.165, 1.54) is 18.2 Å². The molecule has 100 valence electrons. The van der Waals surface area contributed by atoms with Crippen LogP contribution in [0.2, 0.25) is 0 Å². The zero-order valence-electron chi connectivity index (χ0n) is 10.3. The lowest BCUT2D eigenvalue weighted by Crippen LogP contribution is -2.31. The standard InChI is InChI=1S/C13H17F2NO2/c1-2-5-16-9-13(14,15)10-3-4-11-12(8-10)18-7-6-17-11/h3-4,8,16H,2,5-7,9H2,1H3. The molecular formula is C13H17F2NO2. The molecule has 0 spiro atoms. The van der Waals surface area contributed by atoms with E-state index in [2.05, 4.69) is 5.32 Å². The van der Waals surface area contributed by atoms with Crippen LogP contribution in [0, 0.1) is 0 Å². The SMILES string of the molecule is CCCNCC(F)(F)c1ccc2c(c1)OCCO2. The van der Waals surface area contributed by atoms with Crippen molar-refractivity contribution < 1.29 is 18.3 Å². The maximum absolute atomic E-state index is 13.9. The predicted octanol–water partition coefficient (Wildman–Crippen LogP) is 2.55. The van der Waals surface area contributed by atoms with Gasteiger partial charge in [0.15, 0.2) is 11.5 Å². The summed E-state index contributed by atoms with van der Waals surface area (Å²) in [6.07, 6.45) is 0.831. The third-order valence-electron chi connectivity index (χ3n) is 2.74. The molecule has 1 N–H and O–H groups in total. The van der Waals surface area contributed by atoms with Crippen molar-refractivity contribution in [1.82, 2.24) is 5.32 Å². The van der Waals surface area contributed by atoms with Crippen molar-refractivity contribution in [2.45, 2.75) is 19.3 Å². The van der Waals surface area contributed by atoms with Gasteiger partial charge in [-0.2, -0.15) is 8.78 Å². The van der Waals surface area contributed by atoms with E-state index in [4.69, 9.17) is 9.47 Å². The number of ether oxygens (including phenoxy) is 2. The fourth-order valence-electron chi connectivity index (χ4n) is 1.80. The van der Waals surface area contributed by atoms with Gasteiger partial charge in [0.05, 0.1) is 6.54 Å². The van der Waals surface area contributed by atoms with Crippen molar-refractivity contribution in [2.24, 2.45) is 0 Å². The maximum atomic E-state index is 13.9. The molecular weight excluding hydrogens is 240 g/mol. The van der Waals surface area contributed by atoms with E-state index in [1.807, 2.05) is 6.92 Å². The van der Waals surface area contributed by atoms with Crippen LogP contribution in [0.4, 0.5) is 8.78 Å². The largest absolute Gasteiger partial charge is 0.486 e. The van der Waals surface area contributed by atoms with Gasteiger partial charge in [-0.25, -0.2) is 0 Å². The first-order valence-electron chi connectivity index (χ1n) is 6.12. The molecule has 18 heavy (non-hydrogen) atoms. The number of alkyl halides is 2. The first-order valence-corrected chi connectivity index (χ1v) is 6.12. The normalized spacial score (nSPS) is 14.6. The molecule has 1 heterocycles. The third kappa shape index (κ3) is 2.90. The summed E-state index contributed by atoms with van der Waals surface area (Å²) in [4.78, 5) is 0. The Bertz CT molecular complexity index is 410. The van der Waals surface area contributed by atoms with Crippen molar-refractivity contribution in [2.75, 3.05) is 26.3 Å². The minimum Gasteiger partial charge on any atom is -0.486 e. The number of hydrogen-bond donors (Lipinski definition) is 1. The van der Waals surface area contributed by atoms with Gasteiger partial charge in [-0.3, -0.25) is 0 Å². The number of rotatable bonds is 5. The Morgan fingerprint density at radius 3 is 2.67 bits per heavy atom. The molecule has 0 fully saturated rings. The van der Waals surface area contributed by atoms with Crippen LogP contribution in [0.5, 0.6) is 11.5 Å². The van der Waals surface area contributed by atoms with E-state index in [1.54, 1.807) is 0 Å². The van der Waals surface area contributed by atoms with Crippen molar-refractivity contribution >= 4 is 0 Å². The first kappa shape index (κ1) is 13.1. The summed E-state index contributed by atoms with van der Waals surface area (Å²) in [5.41, 5.74) is -0.0460. The molecule has 0 amide bonds. The topological polar surface area (TPSA) is 30.5 Å². The molecule has 3 nitrogen and oxygen atoms in total. The Morgan fingerprint density at radius 1 is 1.22 bits per heavy atom. The van der Waals surface area contributed by atoms with Crippen LogP contribution < -0.4 is 14.8 Å². The van der Waals surface area contributed by atoms with Crippen LogP contribution in [-0.2, 0) is 5.92 Å². The number of hydrogen-bond acceptors (Lipinski definition) is 3. The van der Waals surface area contributed by atoms with E-state index in [0.29, 0.717) is 31.3 Å². The van der Waals surface area contributed by atoms with Crippen molar-refractivity contribution in [3.63, 3.8) is 0 Å². The molecule has 1 aliphatic heterocycles. The summed E-state index contributed by atoms with van der Waals surface area (Å²) in [7, 11) is 0. The number of nitrogens with one attached hydrogen (secondary N) is 1. The fraction of sp³-hybridized carbons (Fsp3) is 0.538. The molecule has 0 saturated heterocycles. The van der Waals surface area contributed by atoms with E-state index in [9.17, 15) is 8.78 Å². The number of fused-ring (bicyclic) bond motifs is 1. The summed E-state index contributed by atoms with van der Waals surface area (Å²) in [6, 6.07) is 4.29. The highest BCUT2D eigenvalue weighted by Crippen LogP contribution is 2.36. The minimum atomic E-state index is -2.90. The molecule has 0 aliphatic carbocycles. The molecule has 0 radical (unpaired) electrons. The zero-order chi connectivity index (χ0) is 13.0. The smallest absolute Gasteiger partial charge is 0.285 e. The molecule has 0 atom stereocenters. The second-order valence-electron chi connectivity index (χ2n) is 4.24. The van der Waals surface area contributed by atoms with E-state index < -0.39 is 5.92 Å². The molecule has 2 rings (SSSR count). The Morgan fingerprint density at radius 2 is 1.94 bits per heavy atom. The Balaban J connectivity index is 2.11. The van der Waals surface area contributed by atoms with E-state index >= 15 is 0 Å². The highest BCUT2D eigenvalue weighted by atomic mass is 19.3.